The van der Waals surface area contributed by atoms with Gasteiger partial charge in [0, 0.05) is 47.4 Å². The Morgan fingerprint density at radius 2 is 1.90 bits per heavy atom. The van der Waals surface area contributed by atoms with Gasteiger partial charge in [-0.3, -0.25) is 9.20 Å². The van der Waals surface area contributed by atoms with Gasteiger partial charge >= 0.3 is 0 Å². The Labute approximate surface area is 235 Å². The van der Waals surface area contributed by atoms with Crippen LogP contribution in [0.1, 0.15) is 74.9 Å². The molecule has 6 rings (SSSR count). The highest BCUT2D eigenvalue weighted by Crippen LogP contribution is 2.44. The third-order valence-electron chi connectivity index (χ3n) is 8.75. The molecule has 1 unspecified atom stereocenters. The molecule has 0 spiro atoms. The van der Waals surface area contributed by atoms with Crippen molar-refractivity contribution in [3.63, 3.8) is 0 Å². The van der Waals surface area contributed by atoms with Crippen molar-refractivity contribution in [2.75, 3.05) is 12.3 Å². The maximum atomic E-state index is 15.8. The molecule has 1 amide bonds. The predicted octanol–water partition coefficient (Wildman–Crippen LogP) is 5.82. The fourth-order valence-electron chi connectivity index (χ4n) is 6.48. The number of aliphatic hydroxyl groups is 1. The van der Waals surface area contributed by atoms with E-state index in [1.165, 1.54) is 43.3 Å². The molecule has 0 saturated carbocycles. The lowest BCUT2D eigenvalue weighted by atomic mass is 9.86. The van der Waals surface area contributed by atoms with Gasteiger partial charge in [0.15, 0.2) is 0 Å². The average Bonchev–Trinajstić information content (AvgIpc) is 3.43. The highest BCUT2D eigenvalue weighted by molar-refractivity contribution is 5.86. The van der Waals surface area contributed by atoms with Crippen LogP contribution in [-0.4, -0.2) is 42.9 Å². The van der Waals surface area contributed by atoms with Crippen LogP contribution in [0, 0.1) is 11.2 Å². The lowest BCUT2D eigenvalue weighted by Gasteiger charge is -2.34. The molecule has 2 saturated heterocycles. The lowest BCUT2D eigenvalue weighted by Crippen LogP contribution is -2.42. The van der Waals surface area contributed by atoms with Crippen LogP contribution in [0.4, 0.5) is 19.0 Å². The molecule has 2 aliphatic rings. The molecule has 3 N–H and O–H groups in total. The highest BCUT2D eigenvalue weighted by atomic mass is 19.3. The molecule has 4 aromatic rings. The lowest BCUT2D eigenvalue weighted by molar-refractivity contribution is -0.136. The summed E-state index contributed by atoms with van der Waals surface area (Å²) < 4.78 is 44.2. The van der Waals surface area contributed by atoms with E-state index in [4.69, 9.17) is 10.7 Å². The van der Waals surface area contributed by atoms with Crippen LogP contribution in [0.5, 0.6) is 0 Å². The molecule has 7 nitrogen and oxygen atoms in total. The number of fused-ring (bicyclic) bond motifs is 2. The van der Waals surface area contributed by atoms with E-state index in [0.29, 0.717) is 23.6 Å². The summed E-state index contributed by atoms with van der Waals surface area (Å²) in [6.07, 6.45) is 3.13. The third kappa shape index (κ3) is 4.45. The van der Waals surface area contributed by atoms with Gasteiger partial charge < -0.3 is 15.7 Å². The Kier molecular flexibility index (Phi) is 6.37. The number of nitrogen functional groups attached to an aromatic ring is 1. The summed E-state index contributed by atoms with van der Waals surface area (Å²) in [5.74, 6) is 0.286. The Balaban J connectivity index is 1.39. The second-order valence-electron chi connectivity index (χ2n) is 12.0. The van der Waals surface area contributed by atoms with Crippen molar-refractivity contribution < 1.29 is 23.1 Å². The molecule has 4 heterocycles. The van der Waals surface area contributed by atoms with Crippen LogP contribution in [0.2, 0.25) is 0 Å². The largest absolute Gasteiger partial charge is 0.382 e. The maximum Gasteiger partial charge on any atom is 0.263 e. The van der Waals surface area contributed by atoms with Crippen LogP contribution in [-0.2, 0) is 10.4 Å². The normalized spacial score (nSPS) is 21.9. The molecule has 41 heavy (non-hydrogen) atoms. The van der Waals surface area contributed by atoms with Crippen molar-refractivity contribution in [1.82, 2.24) is 19.3 Å². The molecule has 3 atom stereocenters. The van der Waals surface area contributed by atoms with E-state index in [0.717, 1.165) is 19.3 Å². The smallest absolute Gasteiger partial charge is 0.263 e. The zero-order valence-corrected chi connectivity index (χ0v) is 23.1. The summed E-state index contributed by atoms with van der Waals surface area (Å²) in [5.41, 5.74) is 5.31. The Morgan fingerprint density at radius 1 is 1.15 bits per heavy atom. The Bertz CT molecular complexity index is 1670. The Hall–Kier alpha value is -3.92. The first-order valence-corrected chi connectivity index (χ1v) is 13.7. The minimum absolute atomic E-state index is 0.0719. The van der Waals surface area contributed by atoms with Crippen molar-refractivity contribution in [1.29, 1.82) is 0 Å². The summed E-state index contributed by atoms with van der Waals surface area (Å²) in [7, 11) is 0. The number of piperidine rings is 1. The van der Waals surface area contributed by atoms with E-state index in [2.05, 4.69) is 4.98 Å². The summed E-state index contributed by atoms with van der Waals surface area (Å²) >= 11 is 0. The van der Waals surface area contributed by atoms with E-state index < -0.39 is 17.8 Å². The molecule has 2 aliphatic heterocycles. The first-order valence-electron chi connectivity index (χ1n) is 13.7. The van der Waals surface area contributed by atoms with Crippen LogP contribution in [0.15, 0.2) is 54.9 Å². The summed E-state index contributed by atoms with van der Waals surface area (Å²) in [6, 6.07) is 9.94. The van der Waals surface area contributed by atoms with Gasteiger partial charge in [0.05, 0.1) is 0 Å². The van der Waals surface area contributed by atoms with Gasteiger partial charge in [-0.05, 0) is 55.5 Å². The molecule has 2 aromatic carbocycles. The number of alkyl halides is 2. The number of carbonyl (C=O) groups is 1. The van der Waals surface area contributed by atoms with Gasteiger partial charge in [-0.15, -0.1) is 0 Å². The molecular weight excluding hydrogens is 531 g/mol. The maximum absolute atomic E-state index is 15.8. The molecule has 214 valence electrons. The average molecular weight is 564 g/mol. The number of imidazole rings is 1. The number of aromatic nitrogens is 3. The van der Waals surface area contributed by atoms with Gasteiger partial charge in [0.2, 0.25) is 5.91 Å². The van der Waals surface area contributed by atoms with Crippen LogP contribution in [0.3, 0.4) is 0 Å². The fourth-order valence-corrected chi connectivity index (χ4v) is 6.48. The molecule has 0 bridgehead atoms. The first kappa shape index (κ1) is 27.3. The fraction of sp³-hybridized carbons (Fsp3) is 0.387. The summed E-state index contributed by atoms with van der Waals surface area (Å²) in [4.78, 5) is 24.1. The molecular formula is C31H32F3N5O2. The number of hydrogen-bond acceptors (Lipinski definition) is 5. The van der Waals surface area contributed by atoms with Crippen molar-refractivity contribution >= 4 is 17.2 Å². The van der Waals surface area contributed by atoms with Gasteiger partial charge in [0.25, 0.3) is 6.43 Å². The molecule has 0 radical (unpaired) electrons. The van der Waals surface area contributed by atoms with E-state index in [1.54, 1.807) is 18.5 Å². The molecule has 2 aromatic heterocycles. The van der Waals surface area contributed by atoms with E-state index in [-0.39, 0.29) is 51.4 Å². The second kappa shape index (κ2) is 9.58. The minimum Gasteiger partial charge on any atom is -0.382 e. The number of anilines is 1. The van der Waals surface area contributed by atoms with Crippen LogP contribution < -0.4 is 5.73 Å². The highest BCUT2D eigenvalue weighted by Gasteiger charge is 2.48. The minimum atomic E-state index is -2.70. The number of carbonyl (C=O) groups excluding carboxylic acids is 1. The number of rotatable bonds is 5. The van der Waals surface area contributed by atoms with Gasteiger partial charge in [-0.2, -0.15) is 0 Å². The first-order chi connectivity index (χ1) is 19.4. The number of nitrogens with two attached hydrogens (primary N) is 1. The van der Waals surface area contributed by atoms with Crippen LogP contribution >= 0.6 is 0 Å². The van der Waals surface area contributed by atoms with Crippen molar-refractivity contribution in [2.45, 2.75) is 64.0 Å². The zero-order valence-electron chi connectivity index (χ0n) is 23.1. The summed E-state index contributed by atoms with van der Waals surface area (Å²) in [5, 5.41) is 11.3. The standard InChI is InChI=1S/C31H32F3N5O2/c1-30(2)15-21-9-7-18(16-39(21)29(30)40)28-37-24(25-27(35)36-11-12-38(25)28)22-10-8-20(14-23(22)32)31(3,41)19-6-4-5-17(13-19)26(33)34/h4-6,8,10-14,18,21,26,41H,7,9,15-16H2,1-3H3,(H2,35,36)/t18-,21+,31?/m1/s1. The van der Waals surface area contributed by atoms with Crippen molar-refractivity contribution in [2.24, 2.45) is 5.41 Å². The number of nitrogens with zero attached hydrogens (tertiary/aromatic N) is 4. The topological polar surface area (TPSA) is 96.8 Å². The van der Waals surface area contributed by atoms with E-state index in [1.807, 2.05) is 23.1 Å². The van der Waals surface area contributed by atoms with Crippen molar-refractivity contribution in [3.8, 4) is 11.3 Å². The monoisotopic (exact) mass is 563 g/mol. The number of amides is 1. The quantitative estimate of drug-likeness (QED) is 0.319. The predicted molar refractivity (Wildman–Crippen MR) is 149 cm³/mol. The number of hydrogen-bond donors (Lipinski definition) is 2. The SMILES string of the molecule is CC1(C)C[C@@H]2CC[C@@H](c3nc(-c4ccc(C(C)(O)c5cccc(C(F)F)c5)cc4F)c4c(N)nccn34)CN2C1=O. The van der Waals surface area contributed by atoms with E-state index in [9.17, 15) is 18.7 Å². The molecule has 0 aliphatic carbocycles. The second-order valence-corrected chi connectivity index (χ2v) is 12.0. The zero-order chi connectivity index (χ0) is 29.3. The van der Waals surface area contributed by atoms with Crippen LogP contribution in [0.25, 0.3) is 16.8 Å². The number of benzene rings is 2. The van der Waals surface area contributed by atoms with Gasteiger partial charge in [-0.1, -0.05) is 38.1 Å². The Morgan fingerprint density at radius 3 is 2.63 bits per heavy atom. The summed E-state index contributed by atoms with van der Waals surface area (Å²) in [6.45, 7) is 5.93. The van der Waals surface area contributed by atoms with Crippen molar-refractivity contribution in [3.05, 3.63) is 83.2 Å². The van der Waals surface area contributed by atoms with Gasteiger partial charge in [-0.25, -0.2) is 23.1 Å². The van der Waals surface area contributed by atoms with Gasteiger partial charge in [0.1, 0.15) is 34.3 Å². The molecule has 2 fully saturated rings. The van der Waals surface area contributed by atoms with E-state index >= 15 is 4.39 Å². The third-order valence-corrected chi connectivity index (χ3v) is 8.75. The molecule has 10 heteroatoms. The number of halogens is 3.